The highest BCUT2D eigenvalue weighted by Crippen LogP contribution is 2.27. The molecule has 2 rings (SSSR count). The predicted octanol–water partition coefficient (Wildman–Crippen LogP) is 2.49. The number of amides is 1. The first-order chi connectivity index (χ1) is 8.06. The summed E-state index contributed by atoms with van der Waals surface area (Å²) in [5, 5.41) is 11.7. The predicted molar refractivity (Wildman–Crippen MR) is 68.3 cm³/mol. The Hall–Kier alpha value is -0.880. The maximum absolute atomic E-state index is 11.8. The van der Waals surface area contributed by atoms with Crippen LogP contribution in [0.5, 0.6) is 0 Å². The van der Waals surface area contributed by atoms with Crippen molar-refractivity contribution in [3.63, 3.8) is 0 Å². The van der Waals surface area contributed by atoms with Crippen molar-refractivity contribution >= 4 is 39.1 Å². The first-order valence-electron chi connectivity index (χ1n) is 5.35. The summed E-state index contributed by atoms with van der Waals surface area (Å²) in [6.45, 7) is 0. The minimum absolute atomic E-state index is 0.00974. The van der Waals surface area contributed by atoms with Gasteiger partial charge in [0.15, 0.2) is 0 Å². The molecule has 1 heterocycles. The van der Waals surface area contributed by atoms with Crippen LogP contribution in [-0.4, -0.2) is 23.0 Å². The van der Waals surface area contributed by atoms with Crippen LogP contribution in [0, 0.1) is 5.92 Å². The second-order valence-electron chi connectivity index (χ2n) is 4.12. The van der Waals surface area contributed by atoms with Gasteiger partial charge in [0.25, 0.3) is 5.91 Å². The van der Waals surface area contributed by atoms with Gasteiger partial charge in [-0.05, 0) is 47.3 Å². The molecule has 0 bridgehead atoms. The molecule has 2 N–H and O–H groups in total. The lowest BCUT2D eigenvalue weighted by Gasteiger charge is -2.11. The average Bonchev–Trinajstić information content (AvgIpc) is 2.86. The van der Waals surface area contributed by atoms with Gasteiger partial charge in [-0.25, -0.2) is 0 Å². The van der Waals surface area contributed by atoms with E-state index in [2.05, 4.69) is 21.2 Å². The first-order valence-corrected chi connectivity index (χ1v) is 6.96. The summed E-state index contributed by atoms with van der Waals surface area (Å²) in [5.41, 5.74) is 0. The van der Waals surface area contributed by atoms with Gasteiger partial charge in [0.1, 0.15) is 0 Å². The topological polar surface area (TPSA) is 66.4 Å². The molecule has 0 unspecified atom stereocenters. The van der Waals surface area contributed by atoms with Crippen LogP contribution >= 0.6 is 27.3 Å². The standard InChI is InChI=1S/C11H12BrNO3S/c12-9-4-3-8(17-9)10(14)13-7-2-1-6(5-7)11(15)16/h3-4,6-7H,1-2,5H2,(H,13,14)(H,15,16)/t6-,7+/m1/s1. The lowest BCUT2D eigenvalue weighted by molar-refractivity contribution is -0.141. The molecule has 1 fully saturated rings. The van der Waals surface area contributed by atoms with Crippen molar-refractivity contribution in [2.45, 2.75) is 25.3 Å². The highest BCUT2D eigenvalue weighted by Gasteiger charge is 2.30. The molecule has 92 valence electrons. The van der Waals surface area contributed by atoms with Crippen molar-refractivity contribution in [3.05, 3.63) is 20.8 Å². The number of thiophene rings is 1. The molecule has 0 aliphatic heterocycles. The molecule has 1 aliphatic carbocycles. The fraction of sp³-hybridized carbons (Fsp3) is 0.455. The van der Waals surface area contributed by atoms with Crippen LogP contribution in [-0.2, 0) is 4.79 Å². The molecule has 1 aromatic rings. The van der Waals surface area contributed by atoms with Crippen molar-refractivity contribution in [2.24, 2.45) is 5.92 Å². The van der Waals surface area contributed by atoms with Gasteiger partial charge in [-0.2, -0.15) is 0 Å². The summed E-state index contributed by atoms with van der Waals surface area (Å²) in [6, 6.07) is 3.58. The zero-order valence-corrected chi connectivity index (χ0v) is 11.4. The van der Waals surface area contributed by atoms with Gasteiger partial charge >= 0.3 is 5.97 Å². The van der Waals surface area contributed by atoms with Crippen LogP contribution < -0.4 is 5.32 Å². The number of nitrogens with one attached hydrogen (secondary N) is 1. The number of hydrogen-bond acceptors (Lipinski definition) is 3. The number of hydrogen-bond donors (Lipinski definition) is 2. The monoisotopic (exact) mass is 317 g/mol. The Morgan fingerprint density at radius 1 is 1.41 bits per heavy atom. The molecule has 4 nitrogen and oxygen atoms in total. The van der Waals surface area contributed by atoms with E-state index in [0.717, 1.165) is 10.2 Å². The van der Waals surface area contributed by atoms with Gasteiger partial charge in [-0.15, -0.1) is 11.3 Å². The molecular weight excluding hydrogens is 306 g/mol. The van der Waals surface area contributed by atoms with Crippen molar-refractivity contribution in [1.29, 1.82) is 0 Å². The van der Waals surface area contributed by atoms with Crippen molar-refractivity contribution < 1.29 is 14.7 Å². The summed E-state index contributed by atoms with van der Waals surface area (Å²) in [4.78, 5) is 23.3. The number of rotatable bonds is 3. The quantitative estimate of drug-likeness (QED) is 0.900. The van der Waals surface area contributed by atoms with E-state index >= 15 is 0 Å². The Morgan fingerprint density at radius 2 is 2.18 bits per heavy atom. The normalized spacial score (nSPS) is 23.6. The summed E-state index contributed by atoms with van der Waals surface area (Å²) >= 11 is 4.68. The maximum Gasteiger partial charge on any atom is 0.306 e. The van der Waals surface area contributed by atoms with Crippen LogP contribution in [0.3, 0.4) is 0 Å². The highest BCUT2D eigenvalue weighted by atomic mass is 79.9. The number of aliphatic carboxylic acids is 1. The molecule has 0 aromatic carbocycles. The molecule has 1 aliphatic rings. The fourth-order valence-corrected chi connectivity index (χ4v) is 3.32. The van der Waals surface area contributed by atoms with E-state index in [1.54, 1.807) is 6.07 Å². The molecule has 1 aromatic heterocycles. The van der Waals surface area contributed by atoms with E-state index in [9.17, 15) is 9.59 Å². The third kappa shape index (κ3) is 3.07. The highest BCUT2D eigenvalue weighted by molar-refractivity contribution is 9.11. The summed E-state index contributed by atoms with van der Waals surface area (Å²) < 4.78 is 0.914. The molecule has 0 radical (unpaired) electrons. The van der Waals surface area contributed by atoms with Crippen molar-refractivity contribution in [1.82, 2.24) is 5.32 Å². The van der Waals surface area contributed by atoms with Gasteiger partial charge in [0, 0.05) is 6.04 Å². The van der Waals surface area contributed by atoms with Gasteiger partial charge in [0.05, 0.1) is 14.6 Å². The molecule has 0 saturated heterocycles. The SMILES string of the molecule is O=C(N[C@H]1CC[C@@H](C(=O)O)C1)c1ccc(Br)s1. The number of carbonyl (C=O) groups excluding carboxylic acids is 1. The smallest absolute Gasteiger partial charge is 0.306 e. The van der Waals surface area contributed by atoms with Crippen molar-refractivity contribution in [3.8, 4) is 0 Å². The zero-order chi connectivity index (χ0) is 12.4. The van der Waals surface area contributed by atoms with E-state index in [1.807, 2.05) is 6.07 Å². The van der Waals surface area contributed by atoms with E-state index < -0.39 is 5.97 Å². The molecule has 1 amide bonds. The average molecular weight is 318 g/mol. The van der Waals surface area contributed by atoms with Crippen LogP contribution in [0.2, 0.25) is 0 Å². The number of carbonyl (C=O) groups is 2. The summed E-state index contributed by atoms with van der Waals surface area (Å²) in [6.07, 6.45) is 1.93. The van der Waals surface area contributed by atoms with Crippen LogP contribution in [0.1, 0.15) is 28.9 Å². The Kier molecular flexibility index (Phi) is 3.83. The third-order valence-electron chi connectivity index (χ3n) is 2.91. The molecule has 0 spiro atoms. The fourth-order valence-electron chi connectivity index (χ4n) is 2.03. The second kappa shape index (κ2) is 5.18. The van der Waals surface area contributed by atoms with Gasteiger partial charge in [-0.1, -0.05) is 0 Å². The zero-order valence-electron chi connectivity index (χ0n) is 8.98. The number of carboxylic acid groups (broad SMARTS) is 1. The lowest BCUT2D eigenvalue weighted by Crippen LogP contribution is -2.32. The van der Waals surface area contributed by atoms with E-state index in [4.69, 9.17) is 5.11 Å². The second-order valence-corrected chi connectivity index (χ2v) is 6.59. The molecule has 2 atom stereocenters. The molecule has 1 saturated carbocycles. The molecule has 17 heavy (non-hydrogen) atoms. The Balaban J connectivity index is 1.90. The van der Waals surface area contributed by atoms with Crippen LogP contribution in [0.25, 0.3) is 0 Å². The van der Waals surface area contributed by atoms with Gasteiger partial charge in [0.2, 0.25) is 0 Å². The lowest BCUT2D eigenvalue weighted by atomic mass is 10.1. The number of halogens is 1. The Bertz CT molecular complexity index is 446. The first kappa shape index (κ1) is 12.6. The Morgan fingerprint density at radius 3 is 2.71 bits per heavy atom. The summed E-state index contributed by atoms with van der Waals surface area (Å²) in [7, 11) is 0. The number of carboxylic acids is 1. The van der Waals surface area contributed by atoms with Gasteiger partial charge < -0.3 is 10.4 Å². The minimum Gasteiger partial charge on any atom is -0.481 e. The van der Waals surface area contributed by atoms with E-state index in [0.29, 0.717) is 17.7 Å². The Labute approximate surface area is 111 Å². The maximum atomic E-state index is 11.8. The molecule has 6 heteroatoms. The minimum atomic E-state index is -0.763. The van der Waals surface area contributed by atoms with E-state index in [-0.39, 0.29) is 17.9 Å². The third-order valence-corrected chi connectivity index (χ3v) is 4.54. The van der Waals surface area contributed by atoms with Crippen LogP contribution in [0.4, 0.5) is 0 Å². The summed E-state index contributed by atoms with van der Waals surface area (Å²) in [5.74, 6) is -1.19. The van der Waals surface area contributed by atoms with Gasteiger partial charge in [-0.3, -0.25) is 9.59 Å². The van der Waals surface area contributed by atoms with E-state index in [1.165, 1.54) is 11.3 Å². The van der Waals surface area contributed by atoms with Crippen LogP contribution in [0.15, 0.2) is 15.9 Å². The largest absolute Gasteiger partial charge is 0.481 e. The van der Waals surface area contributed by atoms with Crippen molar-refractivity contribution in [2.75, 3.05) is 0 Å². The molecular formula is C11H12BrNO3S.